The lowest BCUT2D eigenvalue weighted by molar-refractivity contribution is 0.0154. The van der Waals surface area contributed by atoms with Gasteiger partial charge in [-0.2, -0.15) is 0 Å². The molecular weight excluding hydrogens is 396 g/mol. The Hall–Kier alpha value is -2.61. The normalized spacial score (nSPS) is 18.4. The van der Waals surface area contributed by atoms with Crippen LogP contribution in [0, 0.1) is 0 Å². The van der Waals surface area contributed by atoms with E-state index in [9.17, 15) is 5.11 Å². The lowest BCUT2D eigenvalue weighted by atomic mass is 9.93. The van der Waals surface area contributed by atoms with Gasteiger partial charge in [0.25, 0.3) is 0 Å². The van der Waals surface area contributed by atoms with E-state index in [2.05, 4.69) is 28.1 Å². The molecule has 0 bridgehead atoms. The summed E-state index contributed by atoms with van der Waals surface area (Å²) in [6.07, 6.45) is 9.50. The number of aromatic hydroxyl groups is 1. The van der Waals surface area contributed by atoms with Crippen molar-refractivity contribution in [3.63, 3.8) is 0 Å². The van der Waals surface area contributed by atoms with E-state index < -0.39 is 0 Å². The standard InChI is InChI=1S/C24H30N2O5/c27-9-13-29-10-3-12-30-20-5-6-23-22(15-20)21(18-14-19(28)17-25-16-18)7-8-26(23)24-4-1-2-11-31-24/h5-7,14-17,24,27-28H,1-4,8-13H2. The Labute approximate surface area is 182 Å². The van der Waals surface area contributed by atoms with Crippen LogP contribution in [-0.2, 0) is 9.47 Å². The molecule has 0 radical (unpaired) electrons. The molecule has 4 rings (SSSR count). The highest BCUT2D eigenvalue weighted by atomic mass is 16.5. The number of pyridine rings is 1. The number of aromatic nitrogens is 1. The molecule has 1 unspecified atom stereocenters. The zero-order chi connectivity index (χ0) is 21.5. The van der Waals surface area contributed by atoms with Crippen LogP contribution in [0.15, 0.2) is 42.7 Å². The molecule has 1 atom stereocenters. The fourth-order valence-corrected chi connectivity index (χ4v) is 4.08. The minimum Gasteiger partial charge on any atom is -0.506 e. The molecule has 2 aromatic rings. The van der Waals surface area contributed by atoms with Crippen LogP contribution in [0.1, 0.15) is 36.8 Å². The number of rotatable bonds is 9. The number of anilines is 1. The van der Waals surface area contributed by atoms with Crippen LogP contribution >= 0.6 is 0 Å². The third-order valence-corrected chi connectivity index (χ3v) is 5.54. The van der Waals surface area contributed by atoms with E-state index in [1.54, 1.807) is 12.3 Å². The quantitative estimate of drug-likeness (QED) is 0.595. The van der Waals surface area contributed by atoms with Gasteiger partial charge >= 0.3 is 0 Å². The van der Waals surface area contributed by atoms with Gasteiger partial charge in [-0.05, 0) is 49.1 Å². The van der Waals surface area contributed by atoms with E-state index in [1.165, 1.54) is 12.6 Å². The van der Waals surface area contributed by atoms with E-state index >= 15 is 0 Å². The van der Waals surface area contributed by atoms with E-state index in [-0.39, 0.29) is 18.6 Å². The second-order valence-electron chi connectivity index (χ2n) is 7.74. The molecule has 2 N–H and O–H groups in total. The van der Waals surface area contributed by atoms with Crippen molar-refractivity contribution in [1.82, 2.24) is 4.98 Å². The molecule has 3 heterocycles. The van der Waals surface area contributed by atoms with Crippen molar-refractivity contribution in [2.75, 3.05) is 44.5 Å². The molecule has 0 saturated carbocycles. The van der Waals surface area contributed by atoms with Crippen molar-refractivity contribution < 1.29 is 24.4 Å². The average molecular weight is 427 g/mol. The highest BCUT2D eigenvalue weighted by molar-refractivity contribution is 5.89. The fourth-order valence-electron chi connectivity index (χ4n) is 4.08. The molecule has 2 aliphatic rings. The van der Waals surface area contributed by atoms with E-state index in [0.29, 0.717) is 19.8 Å². The monoisotopic (exact) mass is 426 g/mol. The van der Waals surface area contributed by atoms with Crippen LogP contribution in [0.4, 0.5) is 5.69 Å². The first-order valence-electron chi connectivity index (χ1n) is 10.9. The predicted octanol–water partition coefficient (Wildman–Crippen LogP) is 3.34. The number of hydrogen-bond donors (Lipinski definition) is 2. The maximum absolute atomic E-state index is 9.93. The predicted molar refractivity (Wildman–Crippen MR) is 118 cm³/mol. The van der Waals surface area contributed by atoms with Crippen LogP contribution in [0.5, 0.6) is 11.5 Å². The van der Waals surface area contributed by atoms with Gasteiger partial charge in [-0.3, -0.25) is 4.98 Å². The van der Waals surface area contributed by atoms with E-state index in [4.69, 9.17) is 19.3 Å². The van der Waals surface area contributed by atoms with Gasteiger partial charge in [0.05, 0.1) is 26.0 Å². The van der Waals surface area contributed by atoms with Crippen molar-refractivity contribution in [3.05, 3.63) is 53.9 Å². The minimum atomic E-state index is 0.0336. The van der Waals surface area contributed by atoms with E-state index in [1.807, 2.05) is 6.07 Å². The molecular formula is C24H30N2O5. The third kappa shape index (κ3) is 5.36. The lowest BCUT2D eigenvalue weighted by Gasteiger charge is -2.39. The Morgan fingerprint density at radius 2 is 2.06 bits per heavy atom. The molecule has 1 fully saturated rings. The van der Waals surface area contributed by atoms with Crippen LogP contribution in [0.3, 0.4) is 0 Å². The van der Waals surface area contributed by atoms with Crippen molar-refractivity contribution in [2.24, 2.45) is 0 Å². The van der Waals surface area contributed by atoms with E-state index in [0.717, 1.165) is 60.6 Å². The van der Waals surface area contributed by atoms with Crippen LogP contribution in [0.25, 0.3) is 5.57 Å². The number of hydrogen-bond acceptors (Lipinski definition) is 7. The SMILES string of the molecule is OCCOCCCOc1ccc2c(c1)C(c1cncc(O)c1)=CCN2C1CCCCO1. The summed E-state index contributed by atoms with van der Waals surface area (Å²) in [6.45, 7) is 3.01. The Balaban J connectivity index is 1.56. The van der Waals surface area contributed by atoms with Gasteiger partial charge in [-0.25, -0.2) is 0 Å². The van der Waals surface area contributed by atoms with Crippen molar-refractivity contribution >= 4 is 11.3 Å². The second-order valence-corrected chi connectivity index (χ2v) is 7.74. The topological polar surface area (TPSA) is 84.3 Å². The van der Waals surface area contributed by atoms with Gasteiger partial charge < -0.3 is 29.3 Å². The highest BCUT2D eigenvalue weighted by Crippen LogP contribution is 2.40. The van der Waals surface area contributed by atoms with Crippen molar-refractivity contribution in [2.45, 2.75) is 31.9 Å². The number of ether oxygens (including phenoxy) is 3. The number of fused-ring (bicyclic) bond motifs is 1. The van der Waals surface area contributed by atoms with Gasteiger partial charge in [0.15, 0.2) is 0 Å². The summed E-state index contributed by atoms with van der Waals surface area (Å²) in [5.74, 6) is 0.930. The summed E-state index contributed by atoms with van der Waals surface area (Å²) in [5, 5.41) is 18.7. The zero-order valence-corrected chi connectivity index (χ0v) is 17.7. The molecule has 7 heteroatoms. The van der Waals surface area contributed by atoms with Gasteiger partial charge in [-0.1, -0.05) is 6.08 Å². The maximum atomic E-state index is 9.93. The Morgan fingerprint density at radius 3 is 2.87 bits per heavy atom. The number of nitrogens with zero attached hydrogens (tertiary/aromatic N) is 2. The molecule has 1 aromatic heterocycles. The number of aliphatic hydroxyl groups is 1. The Bertz CT molecular complexity index is 895. The van der Waals surface area contributed by atoms with Gasteiger partial charge in [0.2, 0.25) is 0 Å². The molecule has 166 valence electrons. The first kappa shape index (κ1) is 21.6. The molecule has 1 aromatic carbocycles. The molecule has 7 nitrogen and oxygen atoms in total. The Morgan fingerprint density at radius 1 is 1.13 bits per heavy atom. The maximum Gasteiger partial charge on any atom is 0.134 e. The largest absolute Gasteiger partial charge is 0.506 e. The fraction of sp³-hybridized carbons (Fsp3) is 0.458. The van der Waals surface area contributed by atoms with Crippen molar-refractivity contribution in [3.8, 4) is 11.5 Å². The molecule has 1 saturated heterocycles. The minimum absolute atomic E-state index is 0.0336. The van der Waals surface area contributed by atoms with Gasteiger partial charge in [0, 0.05) is 49.2 Å². The summed E-state index contributed by atoms with van der Waals surface area (Å²) in [5.41, 5.74) is 4.05. The molecule has 2 aliphatic heterocycles. The summed E-state index contributed by atoms with van der Waals surface area (Å²) < 4.78 is 17.3. The summed E-state index contributed by atoms with van der Waals surface area (Å²) >= 11 is 0. The lowest BCUT2D eigenvalue weighted by Crippen LogP contribution is -2.41. The molecule has 0 amide bonds. The first-order chi connectivity index (χ1) is 15.3. The molecule has 0 aliphatic carbocycles. The van der Waals surface area contributed by atoms with Crippen molar-refractivity contribution in [1.29, 1.82) is 0 Å². The number of benzene rings is 1. The highest BCUT2D eigenvalue weighted by Gasteiger charge is 2.28. The Kier molecular flexibility index (Phi) is 7.40. The third-order valence-electron chi connectivity index (χ3n) is 5.54. The van der Waals surface area contributed by atoms with Crippen LogP contribution in [0.2, 0.25) is 0 Å². The zero-order valence-electron chi connectivity index (χ0n) is 17.7. The average Bonchev–Trinajstić information content (AvgIpc) is 2.81. The van der Waals surface area contributed by atoms with Crippen LogP contribution < -0.4 is 9.64 Å². The molecule has 0 spiro atoms. The van der Waals surface area contributed by atoms with Gasteiger partial charge in [-0.15, -0.1) is 0 Å². The summed E-state index contributed by atoms with van der Waals surface area (Å²) in [6, 6.07) is 7.87. The summed E-state index contributed by atoms with van der Waals surface area (Å²) in [4.78, 5) is 6.46. The number of aliphatic hydroxyl groups excluding tert-OH is 1. The first-order valence-corrected chi connectivity index (χ1v) is 10.9. The van der Waals surface area contributed by atoms with Gasteiger partial charge in [0.1, 0.15) is 17.7 Å². The van der Waals surface area contributed by atoms with Crippen LogP contribution in [-0.4, -0.2) is 61.0 Å². The smallest absolute Gasteiger partial charge is 0.134 e. The second kappa shape index (κ2) is 10.6. The molecule has 31 heavy (non-hydrogen) atoms. The summed E-state index contributed by atoms with van der Waals surface area (Å²) in [7, 11) is 0.